The summed E-state index contributed by atoms with van der Waals surface area (Å²) in [7, 11) is 0. The first-order valence-electron chi connectivity index (χ1n) is 8.85. The quantitative estimate of drug-likeness (QED) is 0.669. The third-order valence-corrected chi connectivity index (χ3v) is 5.15. The summed E-state index contributed by atoms with van der Waals surface area (Å²) in [5, 5.41) is 15.3. The molecule has 1 aliphatic rings. The van der Waals surface area contributed by atoms with E-state index < -0.39 is 0 Å². The van der Waals surface area contributed by atoms with E-state index in [-0.39, 0.29) is 6.61 Å². The van der Waals surface area contributed by atoms with Crippen molar-refractivity contribution in [3.8, 4) is 0 Å². The number of fused-ring (bicyclic) bond motifs is 1. The van der Waals surface area contributed by atoms with E-state index >= 15 is 0 Å². The molecule has 2 aromatic heterocycles. The highest BCUT2D eigenvalue weighted by Gasteiger charge is 2.23. The number of anilines is 1. The lowest BCUT2D eigenvalue weighted by atomic mass is 10.2. The van der Waals surface area contributed by atoms with Gasteiger partial charge in [-0.2, -0.15) is 5.10 Å². The minimum Gasteiger partial charge on any atom is -0.391 e. The molecule has 0 bridgehead atoms. The van der Waals surface area contributed by atoms with Crippen LogP contribution >= 0.6 is 11.6 Å². The molecule has 1 saturated heterocycles. The number of benzene rings is 1. The molecule has 0 saturated carbocycles. The highest BCUT2D eigenvalue weighted by atomic mass is 35.5. The fourth-order valence-corrected chi connectivity index (χ4v) is 3.58. The second-order valence-corrected chi connectivity index (χ2v) is 7.01. The molecular weight excluding hydrogens is 352 g/mol. The smallest absolute Gasteiger partial charge is 0.163 e. The van der Waals surface area contributed by atoms with Crippen LogP contribution in [0.5, 0.6) is 0 Å². The molecular formula is C18H22ClN6O+. The first kappa shape index (κ1) is 17.2. The van der Waals surface area contributed by atoms with E-state index in [0.29, 0.717) is 6.54 Å². The van der Waals surface area contributed by atoms with Gasteiger partial charge < -0.3 is 14.9 Å². The molecule has 7 nitrogen and oxygen atoms in total. The molecule has 0 radical (unpaired) electrons. The molecule has 4 rings (SSSR count). The molecule has 0 atom stereocenters. The summed E-state index contributed by atoms with van der Waals surface area (Å²) in [6.45, 7) is 5.55. The molecule has 1 aliphatic heterocycles. The van der Waals surface area contributed by atoms with Gasteiger partial charge in [0.1, 0.15) is 18.7 Å². The second kappa shape index (κ2) is 7.57. The molecule has 0 spiro atoms. The Morgan fingerprint density at radius 3 is 2.62 bits per heavy atom. The van der Waals surface area contributed by atoms with Crippen molar-refractivity contribution in [3.05, 3.63) is 47.4 Å². The van der Waals surface area contributed by atoms with Crippen LogP contribution in [0.2, 0.25) is 5.02 Å². The zero-order valence-corrected chi connectivity index (χ0v) is 15.2. The van der Waals surface area contributed by atoms with E-state index in [9.17, 15) is 0 Å². The zero-order valence-electron chi connectivity index (χ0n) is 14.5. The highest BCUT2D eigenvalue weighted by molar-refractivity contribution is 6.30. The Labute approximate surface area is 156 Å². The molecule has 3 heterocycles. The van der Waals surface area contributed by atoms with Gasteiger partial charge in [0.15, 0.2) is 5.65 Å². The van der Waals surface area contributed by atoms with E-state index in [1.807, 2.05) is 35.1 Å². The van der Waals surface area contributed by atoms with E-state index in [1.165, 1.54) is 4.90 Å². The van der Waals surface area contributed by atoms with Gasteiger partial charge in [0.2, 0.25) is 0 Å². The third kappa shape index (κ3) is 3.51. The van der Waals surface area contributed by atoms with Gasteiger partial charge in [-0.15, -0.1) is 0 Å². The predicted octanol–water partition coefficient (Wildman–Crippen LogP) is 0.225. The van der Waals surface area contributed by atoms with E-state index in [4.69, 9.17) is 16.7 Å². The van der Waals surface area contributed by atoms with Crippen molar-refractivity contribution in [1.29, 1.82) is 0 Å². The van der Waals surface area contributed by atoms with Crippen LogP contribution in [0.4, 0.5) is 5.82 Å². The molecule has 26 heavy (non-hydrogen) atoms. The average molecular weight is 374 g/mol. The molecule has 0 unspecified atom stereocenters. The van der Waals surface area contributed by atoms with Crippen LogP contribution in [0.25, 0.3) is 11.0 Å². The molecule has 2 N–H and O–H groups in total. The predicted molar refractivity (Wildman–Crippen MR) is 101 cm³/mol. The lowest BCUT2D eigenvalue weighted by molar-refractivity contribution is -0.900. The largest absolute Gasteiger partial charge is 0.391 e. The Hall–Kier alpha value is -2.22. The topological polar surface area (TPSA) is 71.5 Å². The van der Waals surface area contributed by atoms with Crippen molar-refractivity contribution in [2.24, 2.45) is 0 Å². The number of hydrogen-bond acceptors (Lipinski definition) is 5. The number of nitrogens with one attached hydrogen (secondary N) is 1. The lowest BCUT2D eigenvalue weighted by Gasteiger charge is -2.32. The Kier molecular flexibility index (Phi) is 5.01. The Bertz CT molecular complexity index is 873. The lowest BCUT2D eigenvalue weighted by Crippen LogP contribution is -3.15. The highest BCUT2D eigenvalue weighted by Crippen LogP contribution is 2.23. The van der Waals surface area contributed by atoms with Crippen molar-refractivity contribution in [1.82, 2.24) is 19.7 Å². The van der Waals surface area contributed by atoms with Crippen molar-refractivity contribution in [2.75, 3.05) is 44.2 Å². The normalized spacial score (nSPS) is 15.7. The number of aromatic nitrogens is 4. The van der Waals surface area contributed by atoms with E-state index in [2.05, 4.69) is 20.0 Å². The summed E-state index contributed by atoms with van der Waals surface area (Å²) in [5.41, 5.74) is 1.97. The van der Waals surface area contributed by atoms with Crippen molar-refractivity contribution in [2.45, 2.75) is 6.54 Å². The van der Waals surface area contributed by atoms with Crippen LogP contribution in [0.1, 0.15) is 5.56 Å². The summed E-state index contributed by atoms with van der Waals surface area (Å²) in [4.78, 5) is 12.7. The van der Waals surface area contributed by atoms with Crippen molar-refractivity contribution < 1.29 is 10.0 Å². The minimum absolute atomic E-state index is 0.241. The maximum Gasteiger partial charge on any atom is 0.163 e. The number of hydrogen-bond donors (Lipinski definition) is 2. The number of quaternary nitrogens is 1. The molecule has 1 aromatic carbocycles. The average Bonchev–Trinajstić information content (AvgIpc) is 3.08. The number of piperazine rings is 1. The van der Waals surface area contributed by atoms with Crippen molar-refractivity contribution >= 4 is 28.5 Å². The number of nitrogens with zero attached hydrogens (tertiary/aromatic N) is 5. The first-order valence-corrected chi connectivity index (χ1v) is 9.23. The van der Waals surface area contributed by atoms with Crippen LogP contribution in [0.3, 0.4) is 0 Å². The van der Waals surface area contributed by atoms with Crippen LogP contribution in [0.15, 0.2) is 36.8 Å². The van der Waals surface area contributed by atoms with Gasteiger partial charge in [-0.1, -0.05) is 23.7 Å². The van der Waals surface area contributed by atoms with Crippen LogP contribution < -0.4 is 9.80 Å². The van der Waals surface area contributed by atoms with Gasteiger partial charge in [0.25, 0.3) is 0 Å². The summed E-state index contributed by atoms with van der Waals surface area (Å²) < 4.78 is 1.90. The van der Waals surface area contributed by atoms with Gasteiger partial charge in [0, 0.05) is 5.02 Å². The van der Waals surface area contributed by atoms with Crippen LogP contribution in [-0.4, -0.2) is 64.2 Å². The molecule has 0 amide bonds. The van der Waals surface area contributed by atoms with Gasteiger partial charge in [-0.3, -0.25) is 0 Å². The number of aliphatic hydroxyl groups is 1. The fraction of sp³-hybridized carbons (Fsp3) is 0.389. The van der Waals surface area contributed by atoms with Gasteiger partial charge in [-0.25, -0.2) is 14.6 Å². The third-order valence-electron chi connectivity index (χ3n) is 4.89. The summed E-state index contributed by atoms with van der Waals surface area (Å²) >= 11 is 5.96. The zero-order chi connectivity index (χ0) is 17.9. The SMILES string of the molecule is OCC[NH+]1CCN(c2ncnc3c2cnn3Cc2ccc(Cl)cc2)CC1. The summed E-state index contributed by atoms with van der Waals surface area (Å²) in [6.07, 6.45) is 3.47. The van der Waals surface area contributed by atoms with Gasteiger partial charge in [-0.05, 0) is 17.7 Å². The number of aliphatic hydroxyl groups excluding tert-OH is 1. The molecule has 8 heteroatoms. The summed E-state index contributed by atoms with van der Waals surface area (Å²) in [6, 6.07) is 7.77. The number of halogens is 1. The van der Waals surface area contributed by atoms with E-state index in [0.717, 1.165) is 60.2 Å². The van der Waals surface area contributed by atoms with Crippen LogP contribution in [-0.2, 0) is 6.54 Å². The summed E-state index contributed by atoms with van der Waals surface area (Å²) in [5.74, 6) is 0.945. The molecule has 3 aromatic rings. The monoisotopic (exact) mass is 373 g/mol. The number of rotatable bonds is 5. The Balaban J connectivity index is 1.56. The standard InChI is InChI=1S/C18H21ClN6O/c19-15-3-1-14(2-4-15)12-25-18-16(11-22-25)17(20-13-21-18)24-7-5-23(6-8-24)9-10-26/h1-4,11,13,26H,5-10,12H2/p+1. The van der Waals surface area contributed by atoms with Gasteiger partial charge >= 0.3 is 0 Å². The second-order valence-electron chi connectivity index (χ2n) is 6.57. The Morgan fingerprint density at radius 1 is 1.12 bits per heavy atom. The van der Waals surface area contributed by atoms with Crippen LogP contribution in [0, 0.1) is 0 Å². The first-order chi connectivity index (χ1) is 12.7. The molecule has 136 valence electrons. The van der Waals surface area contributed by atoms with Crippen molar-refractivity contribution in [3.63, 3.8) is 0 Å². The van der Waals surface area contributed by atoms with Gasteiger partial charge in [0.05, 0.1) is 50.9 Å². The molecule has 0 aliphatic carbocycles. The fourth-order valence-electron chi connectivity index (χ4n) is 3.45. The van der Waals surface area contributed by atoms with E-state index in [1.54, 1.807) is 6.33 Å². The minimum atomic E-state index is 0.241. The maximum absolute atomic E-state index is 9.11. The Morgan fingerprint density at radius 2 is 1.88 bits per heavy atom. The molecule has 1 fully saturated rings. The maximum atomic E-state index is 9.11.